The standard InChI is InChI=1S/C10H13Br2NS/c1-6(2)4-8(13-3)7-5-9(11)14-10(7)12/h5,8,13H,1,4H2,2-3H3. The maximum absolute atomic E-state index is 3.94. The summed E-state index contributed by atoms with van der Waals surface area (Å²) in [5.41, 5.74) is 2.49. The zero-order valence-corrected chi connectivity index (χ0v) is 12.2. The minimum atomic E-state index is 0.351. The van der Waals surface area contributed by atoms with Gasteiger partial charge in [-0.15, -0.1) is 17.9 Å². The van der Waals surface area contributed by atoms with Crippen molar-refractivity contribution in [1.82, 2.24) is 5.32 Å². The van der Waals surface area contributed by atoms with Gasteiger partial charge >= 0.3 is 0 Å². The van der Waals surface area contributed by atoms with Gasteiger partial charge < -0.3 is 5.32 Å². The van der Waals surface area contributed by atoms with Crippen LogP contribution >= 0.6 is 43.2 Å². The SMILES string of the molecule is C=C(C)CC(NC)c1cc(Br)sc1Br. The average molecular weight is 339 g/mol. The molecule has 1 atom stereocenters. The van der Waals surface area contributed by atoms with Crippen LogP contribution in [0.2, 0.25) is 0 Å². The van der Waals surface area contributed by atoms with Crippen molar-refractivity contribution >= 4 is 43.2 Å². The fourth-order valence-corrected chi connectivity index (χ4v) is 4.28. The van der Waals surface area contributed by atoms with Crippen LogP contribution in [0.25, 0.3) is 0 Å². The Morgan fingerprint density at radius 2 is 2.29 bits per heavy atom. The molecule has 0 spiro atoms. The predicted molar refractivity (Wildman–Crippen MR) is 71.0 cm³/mol. The summed E-state index contributed by atoms with van der Waals surface area (Å²) in [6.07, 6.45) is 0.971. The van der Waals surface area contributed by atoms with Crippen LogP contribution in [0.3, 0.4) is 0 Å². The maximum atomic E-state index is 3.94. The van der Waals surface area contributed by atoms with Gasteiger partial charge in [0, 0.05) is 6.04 Å². The molecule has 78 valence electrons. The van der Waals surface area contributed by atoms with Crippen molar-refractivity contribution in [2.24, 2.45) is 0 Å². The summed E-state index contributed by atoms with van der Waals surface area (Å²) in [5, 5.41) is 3.30. The molecule has 0 aromatic carbocycles. The molecule has 0 fully saturated rings. The van der Waals surface area contributed by atoms with Crippen LogP contribution in [0.15, 0.2) is 25.8 Å². The van der Waals surface area contributed by atoms with Gasteiger partial charge in [-0.2, -0.15) is 0 Å². The molecule has 0 radical (unpaired) electrons. The van der Waals surface area contributed by atoms with Crippen LogP contribution in [0.1, 0.15) is 24.9 Å². The van der Waals surface area contributed by atoms with Crippen LogP contribution in [0.5, 0.6) is 0 Å². The Balaban J connectivity index is 2.88. The van der Waals surface area contributed by atoms with Gasteiger partial charge in [-0.3, -0.25) is 0 Å². The van der Waals surface area contributed by atoms with Gasteiger partial charge in [-0.25, -0.2) is 0 Å². The molecule has 0 aliphatic carbocycles. The number of rotatable bonds is 4. The van der Waals surface area contributed by atoms with Crippen molar-refractivity contribution in [1.29, 1.82) is 0 Å². The lowest BCUT2D eigenvalue weighted by Crippen LogP contribution is -2.16. The van der Waals surface area contributed by atoms with Gasteiger partial charge in [0.05, 0.1) is 7.57 Å². The van der Waals surface area contributed by atoms with Gasteiger partial charge in [0.15, 0.2) is 0 Å². The van der Waals surface area contributed by atoms with E-state index in [-0.39, 0.29) is 0 Å². The second kappa shape index (κ2) is 5.45. The highest BCUT2D eigenvalue weighted by Crippen LogP contribution is 2.37. The lowest BCUT2D eigenvalue weighted by Gasteiger charge is -2.15. The van der Waals surface area contributed by atoms with E-state index in [1.807, 2.05) is 7.05 Å². The molecule has 1 unspecified atom stereocenters. The molecule has 14 heavy (non-hydrogen) atoms. The smallest absolute Gasteiger partial charge is 0.0758 e. The van der Waals surface area contributed by atoms with E-state index in [2.05, 4.69) is 56.7 Å². The fourth-order valence-electron chi connectivity index (χ4n) is 1.31. The summed E-state index contributed by atoms with van der Waals surface area (Å²) in [7, 11) is 1.98. The third-order valence-corrected chi connectivity index (χ3v) is 4.35. The molecule has 1 heterocycles. The van der Waals surface area contributed by atoms with Gasteiger partial charge in [-0.05, 0) is 63.9 Å². The highest BCUT2D eigenvalue weighted by atomic mass is 79.9. The van der Waals surface area contributed by atoms with Crippen molar-refractivity contribution < 1.29 is 0 Å². The lowest BCUT2D eigenvalue weighted by molar-refractivity contribution is 0.590. The van der Waals surface area contributed by atoms with Gasteiger partial charge in [0.25, 0.3) is 0 Å². The summed E-state index contributed by atoms with van der Waals surface area (Å²) in [4.78, 5) is 0. The molecule has 1 aromatic rings. The molecule has 1 nitrogen and oxygen atoms in total. The van der Waals surface area contributed by atoms with Crippen LogP contribution in [-0.4, -0.2) is 7.05 Å². The van der Waals surface area contributed by atoms with Crippen LogP contribution < -0.4 is 5.32 Å². The molecule has 0 bridgehead atoms. The summed E-state index contributed by atoms with van der Waals surface area (Å²) < 4.78 is 2.34. The van der Waals surface area contributed by atoms with E-state index in [1.165, 1.54) is 14.9 Å². The molecule has 0 saturated heterocycles. The quantitative estimate of drug-likeness (QED) is 0.797. The molecule has 0 aliphatic heterocycles. The molecule has 1 N–H and O–H groups in total. The van der Waals surface area contributed by atoms with E-state index in [4.69, 9.17) is 0 Å². The van der Waals surface area contributed by atoms with Crippen molar-refractivity contribution in [3.05, 3.63) is 31.4 Å². The van der Waals surface area contributed by atoms with E-state index in [1.54, 1.807) is 11.3 Å². The van der Waals surface area contributed by atoms with E-state index in [0.717, 1.165) is 10.2 Å². The van der Waals surface area contributed by atoms with E-state index in [9.17, 15) is 0 Å². The first kappa shape index (κ1) is 12.4. The normalized spacial score (nSPS) is 12.9. The molecule has 0 saturated carbocycles. The largest absolute Gasteiger partial charge is 0.313 e. The van der Waals surface area contributed by atoms with Gasteiger partial charge in [-0.1, -0.05) is 5.57 Å². The third kappa shape index (κ3) is 3.19. The highest BCUT2D eigenvalue weighted by molar-refractivity contribution is 9.12. The molecular formula is C10H13Br2NS. The molecule has 1 rings (SSSR count). The van der Waals surface area contributed by atoms with E-state index < -0.39 is 0 Å². The summed E-state index contributed by atoms with van der Waals surface area (Å²) in [6, 6.07) is 2.50. The van der Waals surface area contributed by atoms with Crippen LogP contribution in [0, 0.1) is 0 Å². The fraction of sp³-hybridized carbons (Fsp3) is 0.400. The minimum Gasteiger partial charge on any atom is -0.313 e. The summed E-state index contributed by atoms with van der Waals surface area (Å²) in [6.45, 7) is 6.00. The first-order valence-corrected chi connectivity index (χ1v) is 6.71. The molecule has 1 aromatic heterocycles. The predicted octanol–water partition coefficient (Wildman–Crippen LogP) is 4.50. The zero-order chi connectivity index (χ0) is 10.7. The lowest BCUT2D eigenvalue weighted by atomic mass is 10.0. The Labute approximate surface area is 106 Å². The Hall–Kier alpha value is 0.360. The Bertz CT molecular complexity index is 333. The second-order valence-electron chi connectivity index (χ2n) is 3.28. The first-order chi connectivity index (χ1) is 6.54. The van der Waals surface area contributed by atoms with Gasteiger partial charge in [0.1, 0.15) is 0 Å². The first-order valence-electron chi connectivity index (χ1n) is 4.31. The van der Waals surface area contributed by atoms with Crippen molar-refractivity contribution in [3.8, 4) is 0 Å². The van der Waals surface area contributed by atoms with Crippen LogP contribution in [-0.2, 0) is 0 Å². The number of halogens is 2. The Morgan fingerprint density at radius 1 is 1.64 bits per heavy atom. The second-order valence-corrected chi connectivity index (χ2v) is 7.03. The third-order valence-electron chi connectivity index (χ3n) is 1.96. The van der Waals surface area contributed by atoms with E-state index >= 15 is 0 Å². The maximum Gasteiger partial charge on any atom is 0.0758 e. The van der Waals surface area contributed by atoms with Crippen LogP contribution in [0.4, 0.5) is 0 Å². The number of hydrogen-bond donors (Lipinski definition) is 1. The number of thiophene rings is 1. The monoisotopic (exact) mass is 337 g/mol. The topological polar surface area (TPSA) is 12.0 Å². The molecule has 4 heteroatoms. The number of nitrogens with one attached hydrogen (secondary N) is 1. The molecule has 0 amide bonds. The highest BCUT2D eigenvalue weighted by Gasteiger charge is 2.15. The average Bonchev–Trinajstić information content (AvgIpc) is 2.41. The molecule has 0 aliphatic rings. The Kier molecular flexibility index (Phi) is 4.83. The number of hydrogen-bond acceptors (Lipinski definition) is 2. The minimum absolute atomic E-state index is 0.351. The molecular weight excluding hydrogens is 326 g/mol. The summed E-state index contributed by atoms with van der Waals surface area (Å²) in [5.74, 6) is 0. The zero-order valence-electron chi connectivity index (χ0n) is 8.23. The van der Waals surface area contributed by atoms with E-state index in [0.29, 0.717) is 6.04 Å². The van der Waals surface area contributed by atoms with Crippen molar-refractivity contribution in [2.45, 2.75) is 19.4 Å². The van der Waals surface area contributed by atoms with Crippen molar-refractivity contribution in [3.63, 3.8) is 0 Å². The van der Waals surface area contributed by atoms with Gasteiger partial charge in [0.2, 0.25) is 0 Å². The van der Waals surface area contributed by atoms with Crippen molar-refractivity contribution in [2.75, 3.05) is 7.05 Å². The Morgan fingerprint density at radius 3 is 2.64 bits per heavy atom. The summed E-state index contributed by atoms with van der Waals surface area (Å²) >= 11 is 8.76.